The van der Waals surface area contributed by atoms with Gasteiger partial charge in [-0.3, -0.25) is 14.4 Å². The molecular formula is C77H122O6. The van der Waals surface area contributed by atoms with Gasteiger partial charge in [-0.25, -0.2) is 0 Å². The van der Waals surface area contributed by atoms with Crippen molar-refractivity contribution >= 4 is 17.9 Å². The predicted molar refractivity (Wildman–Crippen MR) is 361 cm³/mol. The molecule has 0 aliphatic heterocycles. The van der Waals surface area contributed by atoms with E-state index in [1.165, 1.54) is 83.5 Å². The number of allylic oxidation sites excluding steroid dienone is 28. The highest BCUT2D eigenvalue weighted by atomic mass is 16.6. The first-order valence-corrected chi connectivity index (χ1v) is 33.6. The van der Waals surface area contributed by atoms with Crippen LogP contribution in [0.25, 0.3) is 0 Å². The topological polar surface area (TPSA) is 78.9 Å². The van der Waals surface area contributed by atoms with Crippen molar-refractivity contribution in [1.82, 2.24) is 0 Å². The van der Waals surface area contributed by atoms with Gasteiger partial charge in [0.25, 0.3) is 0 Å². The van der Waals surface area contributed by atoms with E-state index in [0.29, 0.717) is 25.7 Å². The van der Waals surface area contributed by atoms with Crippen LogP contribution in [0.4, 0.5) is 0 Å². The number of ether oxygens (including phenoxy) is 3. The normalized spacial score (nSPS) is 13.2. The third-order valence-corrected chi connectivity index (χ3v) is 13.7. The molecule has 6 heteroatoms. The highest BCUT2D eigenvalue weighted by molar-refractivity contribution is 5.71. The highest BCUT2D eigenvalue weighted by Crippen LogP contribution is 2.15. The first kappa shape index (κ1) is 77.8. The molecule has 0 N–H and O–H groups in total. The van der Waals surface area contributed by atoms with Gasteiger partial charge in [0.2, 0.25) is 0 Å². The Balaban J connectivity index is 4.39. The van der Waals surface area contributed by atoms with Crippen molar-refractivity contribution in [2.24, 2.45) is 0 Å². The molecule has 0 heterocycles. The van der Waals surface area contributed by atoms with Crippen LogP contribution < -0.4 is 0 Å². The summed E-state index contributed by atoms with van der Waals surface area (Å²) in [5, 5.41) is 0. The van der Waals surface area contributed by atoms with E-state index < -0.39 is 6.10 Å². The Kier molecular flexibility index (Phi) is 64.9. The number of rotatable bonds is 59. The van der Waals surface area contributed by atoms with Crippen molar-refractivity contribution in [2.45, 2.75) is 284 Å². The average Bonchev–Trinajstić information content (AvgIpc) is 3.48. The molecule has 1 unspecified atom stereocenters. The molecule has 0 aromatic heterocycles. The van der Waals surface area contributed by atoms with Gasteiger partial charge in [-0.2, -0.15) is 0 Å². The number of hydrogen-bond donors (Lipinski definition) is 0. The summed E-state index contributed by atoms with van der Waals surface area (Å²) in [4.78, 5) is 38.3. The van der Waals surface area contributed by atoms with Crippen LogP contribution in [0.2, 0.25) is 0 Å². The smallest absolute Gasteiger partial charge is 0.306 e. The lowest BCUT2D eigenvalue weighted by atomic mass is 10.0. The second kappa shape index (κ2) is 69.3. The van der Waals surface area contributed by atoms with Gasteiger partial charge in [0, 0.05) is 19.3 Å². The lowest BCUT2D eigenvalue weighted by Gasteiger charge is -2.18. The molecule has 0 spiro atoms. The van der Waals surface area contributed by atoms with Crippen molar-refractivity contribution in [3.05, 3.63) is 170 Å². The van der Waals surface area contributed by atoms with Crippen LogP contribution in [0.1, 0.15) is 278 Å². The lowest BCUT2D eigenvalue weighted by Crippen LogP contribution is -2.30. The number of carbonyl (C=O) groups is 3. The third kappa shape index (κ3) is 67.4. The average molecular weight is 1140 g/mol. The summed E-state index contributed by atoms with van der Waals surface area (Å²) in [6.45, 7) is 6.33. The maximum absolute atomic E-state index is 12.9. The lowest BCUT2D eigenvalue weighted by molar-refractivity contribution is -0.167. The number of carbonyl (C=O) groups excluding carboxylic acids is 3. The molecule has 1 atom stereocenters. The van der Waals surface area contributed by atoms with Gasteiger partial charge in [0.05, 0.1) is 0 Å². The quantitative estimate of drug-likeness (QED) is 0.0261. The Hall–Kier alpha value is -5.23. The zero-order valence-corrected chi connectivity index (χ0v) is 53.4. The molecule has 466 valence electrons. The van der Waals surface area contributed by atoms with Crippen LogP contribution in [0.5, 0.6) is 0 Å². The highest BCUT2D eigenvalue weighted by Gasteiger charge is 2.19. The molecule has 83 heavy (non-hydrogen) atoms. The maximum Gasteiger partial charge on any atom is 0.306 e. The Morgan fingerprint density at radius 2 is 0.470 bits per heavy atom. The van der Waals surface area contributed by atoms with Gasteiger partial charge in [0.1, 0.15) is 13.2 Å². The molecule has 0 saturated carbocycles. The van der Waals surface area contributed by atoms with Gasteiger partial charge < -0.3 is 14.2 Å². The van der Waals surface area contributed by atoms with E-state index >= 15 is 0 Å². The summed E-state index contributed by atoms with van der Waals surface area (Å²) in [7, 11) is 0. The van der Waals surface area contributed by atoms with Crippen molar-refractivity contribution < 1.29 is 28.6 Å². The Labute approximate surface area is 511 Å². The minimum atomic E-state index is -0.811. The van der Waals surface area contributed by atoms with Crippen LogP contribution in [0.15, 0.2) is 170 Å². The first-order valence-electron chi connectivity index (χ1n) is 33.6. The fourth-order valence-corrected chi connectivity index (χ4v) is 8.70. The molecule has 0 saturated heterocycles. The van der Waals surface area contributed by atoms with E-state index in [1.54, 1.807) is 0 Å². The third-order valence-electron chi connectivity index (χ3n) is 13.7. The molecular weight excluding hydrogens is 1020 g/mol. The fraction of sp³-hybridized carbons (Fsp3) is 0.597. The Bertz CT molecular complexity index is 1890. The van der Waals surface area contributed by atoms with E-state index in [2.05, 4.69) is 191 Å². The molecule has 0 fully saturated rings. The number of unbranched alkanes of at least 4 members (excludes halogenated alkanes) is 20. The summed E-state index contributed by atoms with van der Waals surface area (Å²) in [5.41, 5.74) is 0. The Morgan fingerprint density at radius 1 is 0.253 bits per heavy atom. The van der Waals surface area contributed by atoms with E-state index in [9.17, 15) is 14.4 Å². The standard InChI is InChI=1S/C77H122O6/c1-4-7-10-13-16-19-22-24-26-28-30-32-34-36-38-40-42-44-46-48-50-52-55-58-61-64-67-70-76(79)82-73-74(72-81-75(78)69-66-63-60-57-54-21-18-15-12-9-6-3)83-77(80)71-68-65-62-59-56-53-51-49-47-45-43-41-39-37-35-33-31-29-27-25-23-20-17-14-11-8-5-2/h7-8,10-11,15-20,24-27,30-33,36-39,42,44,48,50,55,58,74H,4-6,9,12-14,21-23,28-29,34-35,40-41,43,45-47,49,51-54,56-57,59-73H2,1-3H3/b10-7-,11-8-,18-15-,19-16-,20-17-,26-24-,27-25-,32-30-,33-31-,38-36-,39-37-,44-42-,50-48-,58-55-. The SMILES string of the molecule is CC/C=C\C/C=C\C/C=C\C/C=C\C/C=C\C/C=C\C/C=C\C/C=C\CCCCC(=O)OCC(COC(=O)CCCCCCC/C=C\CCCC)OC(=O)CCCCCCCCCCCCC/C=C\C/C=C\C/C=C\C/C=C\C/C=C\CC. The van der Waals surface area contributed by atoms with Crippen LogP contribution in [0, 0.1) is 0 Å². The second-order valence-electron chi connectivity index (χ2n) is 21.6. The molecule has 0 aliphatic carbocycles. The van der Waals surface area contributed by atoms with Gasteiger partial charge in [-0.05, 0) is 148 Å². The monoisotopic (exact) mass is 1140 g/mol. The van der Waals surface area contributed by atoms with Gasteiger partial charge >= 0.3 is 17.9 Å². The summed E-state index contributed by atoms with van der Waals surface area (Å²) < 4.78 is 16.9. The minimum absolute atomic E-state index is 0.104. The summed E-state index contributed by atoms with van der Waals surface area (Å²) in [6.07, 6.45) is 102. The molecule has 0 radical (unpaired) electrons. The largest absolute Gasteiger partial charge is 0.462 e. The molecule has 0 aromatic carbocycles. The molecule has 6 nitrogen and oxygen atoms in total. The fourth-order valence-electron chi connectivity index (χ4n) is 8.70. The number of hydrogen-bond acceptors (Lipinski definition) is 6. The van der Waals surface area contributed by atoms with Gasteiger partial charge in [-0.15, -0.1) is 0 Å². The van der Waals surface area contributed by atoms with E-state index in [-0.39, 0.29) is 31.1 Å². The molecule has 0 bridgehead atoms. The molecule has 0 aromatic rings. The zero-order valence-electron chi connectivity index (χ0n) is 53.4. The maximum atomic E-state index is 12.9. The van der Waals surface area contributed by atoms with Crippen LogP contribution in [-0.4, -0.2) is 37.2 Å². The van der Waals surface area contributed by atoms with E-state index in [1.807, 2.05) is 0 Å². The molecule has 0 aliphatic rings. The molecule has 0 amide bonds. The van der Waals surface area contributed by atoms with Gasteiger partial charge in [-0.1, -0.05) is 281 Å². The zero-order chi connectivity index (χ0) is 59.9. The summed E-state index contributed by atoms with van der Waals surface area (Å²) >= 11 is 0. The van der Waals surface area contributed by atoms with Gasteiger partial charge in [0.15, 0.2) is 6.10 Å². The van der Waals surface area contributed by atoms with E-state index in [4.69, 9.17) is 14.2 Å². The Morgan fingerprint density at radius 3 is 0.771 bits per heavy atom. The summed E-state index contributed by atoms with van der Waals surface area (Å²) in [6, 6.07) is 0. The summed E-state index contributed by atoms with van der Waals surface area (Å²) in [5.74, 6) is -0.965. The van der Waals surface area contributed by atoms with Crippen molar-refractivity contribution in [3.8, 4) is 0 Å². The second-order valence-corrected chi connectivity index (χ2v) is 21.6. The minimum Gasteiger partial charge on any atom is -0.462 e. The van der Waals surface area contributed by atoms with Crippen molar-refractivity contribution in [1.29, 1.82) is 0 Å². The van der Waals surface area contributed by atoms with Crippen LogP contribution >= 0.6 is 0 Å². The van der Waals surface area contributed by atoms with Crippen LogP contribution in [-0.2, 0) is 28.6 Å². The van der Waals surface area contributed by atoms with Crippen molar-refractivity contribution in [3.63, 3.8) is 0 Å². The first-order chi connectivity index (χ1) is 41.0. The molecule has 0 rings (SSSR count). The predicted octanol–water partition coefficient (Wildman–Crippen LogP) is 23.4. The number of esters is 3. The van der Waals surface area contributed by atoms with Crippen molar-refractivity contribution in [2.75, 3.05) is 13.2 Å². The van der Waals surface area contributed by atoms with Crippen LogP contribution in [0.3, 0.4) is 0 Å². The van der Waals surface area contributed by atoms with E-state index in [0.717, 1.165) is 148 Å².